The van der Waals surface area contributed by atoms with E-state index in [0.29, 0.717) is 19.7 Å². The lowest BCUT2D eigenvalue weighted by atomic mass is 10.00. The highest BCUT2D eigenvalue weighted by Crippen LogP contribution is 2.36. The van der Waals surface area contributed by atoms with E-state index in [2.05, 4.69) is 9.88 Å². The van der Waals surface area contributed by atoms with Crippen LogP contribution in [0.2, 0.25) is 0 Å². The quantitative estimate of drug-likeness (QED) is 0.919. The molecule has 1 N–H and O–H groups in total. The molecular weight excluding hydrogens is 318 g/mol. The minimum absolute atomic E-state index is 0.633. The second-order valence-corrected chi connectivity index (χ2v) is 6.40. The normalized spacial score (nSPS) is 18.5. The van der Waals surface area contributed by atoms with Crippen molar-refractivity contribution in [3.05, 3.63) is 53.9 Å². The number of aromatic nitrogens is 1. The van der Waals surface area contributed by atoms with E-state index in [9.17, 15) is 9.90 Å². The molecule has 1 aromatic carbocycles. The summed E-state index contributed by atoms with van der Waals surface area (Å²) in [5.74, 6) is -0.0484. The van der Waals surface area contributed by atoms with Crippen molar-refractivity contribution in [1.29, 1.82) is 0 Å². The summed E-state index contributed by atoms with van der Waals surface area (Å²) in [6, 6.07) is 9.16. The van der Waals surface area contributed by atoms with Crippen LogP contribution in [-0.2, 0) is 11.2 Å². The SMILES string of the molecule is O=C(O)C(c1cccc2c1OCC2)N1CCN(c2ccncc2)CC1. The third-order valence-corrected chi connectivity index (χ3v) is 4.98. The average molecular weight is 339 g/mol. The largest absolute Gasteiger partial charge is 0.493 e. The topological polar surface area (TPSA) is 65.9 Å². The fourth-order valence-corrected chi connectivity index (χ4v) is 3.74. The third kappa shape index (κ3) is 3.05. The smallest absolute Gasteiger partial charge is 0.325 e. The Morgan fingerprint density at radius 3 is 2.60 bits per heavy atom. The van der Waals surface area contributed by atoms with E-state index in [1.165, 1.54) is 0 Å². The van der Waals surface area contributed by atoms with Crippen LogP contribution in [-0.4, -0.2) is 53.7 Å². The maximum Gasteiger partial charge on any atom is 0.325 e. The van der Waals surface area contributed by atoms with Gasteiger partial charge in [0.1, 0.15) is 11.8 Å². The summed E-state index contributed by atoms with van der Waals surface area (Å²) in [5.41, 5.74) is 3.02. The molecule has 130 valence electrons. The zero-order valence-corrected chi connectivity index (χ0v) is 14.0. The van der Waals surface area contributed by atoms with Gasteiger partial charge in [0, 0.05) is 56.2 Å². The Kier molecular flexibility index (Phi) is 4.28. The Hall–Kier alpha value is -2.60. The molecule has 0 radical (unpaired) electrons. The highest BCUT2D eigenvalue weighted by molar-refractivity contribution is 5.77. The summed E-state index contributed by atoms with van der Waals surface area (Å²) in [4.78, 5) is 20.4. The first-order valence-corrected chi connectivity index (χ1v) is 8.60. The standard InChI is InChI=1S/C19H21N3O3/c23-19(24)17(16-3-1-2-14-6-13-25-18(14)16)22-11-9-21(10-12-22)15-4-7-20-8-5-15/h1-5,7-8,17H,6,9-13H2,(H,23,24). The molecule has 1 aromatic heterocycles. The van der Waals surface area contributed by atoms with Crippen LogP contribution in [0.3, 0.4) is 0 Å². The molecule has 4 rings (SSSR count). The van der Waals surface area contributed by atoms with E-state index < -0.39 is 12.0 Å². The van der Waals surface area contributed by atoms with Crippen LogP contribution in [0, 0.1) is 0 Å². The molecule has 0 bridgehead atoms. The number of para-hydroxylation sites is 1. The number of benzene rings is 1. The van der Waals surface area contributed by atoms with Crippen LogP contribution >= 0.6 is 0 Å². The van der Waals surface area contributed by atoms with Gasteiger partial charge in [-0.25, -0.2) is 0 Å². The lowest BCUT2D eigenvalue weighted by Gasteiger charge is -2.39. The molecule has 2 aliphatic heterocycles. The monoisotopic (exact) mass is 339 g/mol. The Morgan fingerprint density at radius 1 is 1.12 bits per heavy atom. The molecule has 6 heteroatoms. The van der Waals surface area contributed by atoms with Crippen molar-refractivity contribution in [3.63, 3.8) is 0 Å². The van der Waals surface area contributed by atoms with Crippen LogP contribution in [0.1, 0.15) is 17.2 Å². The van der Waals surface area contributed by atoms with Crippen LogP contribution in [0.4, 0.5) is 5.69 Å². The lowest BCUT2D eigenvalue weighted by molar-refractivity contribution is -0.143. The van der Waals surface area contributed by atoms with Crippen LogP contribution in [0.15, 0.2) is 42.7 Å². The number of piperazine rings is 1. The first-order valence-electron chi connectivity index (χ1n) is 8.60. The number of carbonyl (C=O) groups is 1. The zero-order valence-electron chi connectivity index (χ0n) is 14.0. The van der Waals surface area contributed by atoms with Crippen molar-refractivity contribution < 1.29 is 14.6 Å². The highest BCUT2D eigenvalue weighted by Gasteiger charge is 2.34. The van der Waals surface area contributed by atoms with Crippen molar-refractivity contribution in [3.8, 4) is 5.75 Å². The molecule has 1 saturated heterocycles. The van der Waals surface area contributed by atoms with Gasteiger partial charge in [-0.2, -0.15) is 0 Å². The predicted octanol–water partition coefficient (Wildman–Crippen LogP) is 1.96. The maximum absolute atomic E-state index is 12.0. The van der Waals surface area contributed by atoms with Gasteiger partial charge < -0.3 is 14.7 Å². The van der Waals surface area contributed by atoms with E-state index in [1.54, 1.807) is 12.4 Å². The number of hydrogen-bond acceptors (Lipinski definition) is 5. The fourth-order valence-electron chi connectivity index (χ4n) is 3.74. The van der Waals surface area contributed by atoms with Crippen molar-refractivity contribution in [2.24, 2.45) is 0 Å². The Balaban J connectivity index is 1.54. The number of nitrogens with zero attached hydrogens (tertiary/aromatic N) is 3. The summed E-state index contributed by atoms with van der Waals surface area (Å²) >= 11 is 0. The second kappa shape index (κ2) is 6.72. The van der Waals surface area contributed by atoms with Crippen LogP contribution < -0.4 is 9.64 Å². The molecule has 0 spiro atoms. The van der Waals surface area contributed by atoms with Gasteiger partial charge in [0.2, 0.25) is 0 Å². The number of rotatable bonds is 4. The van der Waals surface area contributed by atoms with Crippen LogP contribution in [0.5, 0.6) is 5.75 Å². The van der Waals surface area contributed by atoms with Gasteiger partial charge in [0.05, 0.1) is 6.61 Å². The molecule has 2 aliphatic rings. The molecule has 3 heterocycles. The van der Waals surface area contributed by atoms with Gasteiger partial charge in [-0.3, -0.25) is 14.7 Å². The Labute approximate surface area is 146 Å². The van der Waals surface area contributed by atoms with Crippen molar-refractivity contribution in [1.82, 2.24) is 9.88 Å². The van der Waals surface area contributed by atoms with Gasteiger partial charge in [-0.1, -0.05) is 18.2 Å². The van der Waals surface area contributed by atoms with E-state index in [0.717, 1.165) is 42.1 Å². The molecule has 1 atom stereocenters. The van der Waals surface area contributed by atoms with E-state index in [-0.39, 0.29) is 0 Å². The summed E-state index contributed by atoms with van der Waals surface area (Å²) < 4.78 is 5.73. The average Bonchev–Trinajstić information content (AvgIpc) is 3.13. The minimum Gasteiger partial charge on any atom is -0.493 e. The fraction of sp³-hybridized carbons (Fsp3) is 0.368. The van der Waals surface area contributed by atoms with Gasteiger partial charge in [-0.05, 0) is 17.7 Å². The Morgan fingerprint density at radius 2 is 1.88 bits per heavy atom. The Bertz CT molecular complexity index is 758. The first-order chi connectivity index (χ1) is 12.2. The molecule has 2 aromatic rings. The summed E-state index contributed by atoms with van der Waals surface area (Å²) in [6.07, 6.45) is 4.42. The predicted molar refractivity (Wildman–Crippen MR) is 94.0 cm³/mol. The molecular formula is C19H21N3O3. The number of hydrogen-bond donors (Lipinski definition) is 1. The number of carboxylic acids is 1. The minimum atomic E-state index is -0.818. The van der Waals surface area contributed by atoms with Gasteiger partial charge >= 0.3 is 5.97 Å². The summed E-state index contributed by atoms with van der Waals surface area (Å²) in [5, 5.41) is 9.87. The number of carboxylic acid groups (broad SMARTS) is 1. The molecule has 1 fully saturated rings. The van der Waals surface area contributed by atoms with Gasteiger partial charge in [-0.15, -0.1) is 0 Å². The highest BCUT2D eigenvalue weighted by atomic mass is 16.5. The zero-order chi connectivity index (χ0) is 17.2. The van der Waals surface area contributed by atoms with Crippen LogP contribution in [0.25, 0.3) is 0 Å². The van der Waals surface area contributed by atoms with Gasteiger partial charge in [0.25, 0.3) is 0 Å². The molecule has 0 saturated carbocycles. The maximum atomic E-state index is 12.0. The first kappa shape index (κ1) is 15.9. The molecule has 6 nitrogen and oxygen atoms in total. The number of pyridine rings is 1. The van der Waals surface area contributed by atoms with Crippen molar-refractivity contribution >= 4 is 11.7 Å². The number of aliphatic carboxylic acids is 1. The number of anilines is 1. The lowest BCUT2D eigenvalue weighted by Crippen LogP contribution is -2.49. The number of fused-ring (bicyclic) bond motifs is 1. The summed E-state index contributed by atoms with van der Waals surface area (Å²) in [6.45, 7) is 3.62. The molecule has 0 amide bonds. The van der Waals surface area contributed by atoms with Crippen molar-refractivity contribution in [2.75, 3.05) is 37.7 Å². The summed E-state index contributed by atoms with van der Waals surface area (Å²) in [7, 11) is 0. The number of ether oxygens (including phenoxy) is 1. The molecule has 1 unspecified atom stereocenters. The molecule has 0 aliphatic carbocycles. The van der Waals surface area contributed by atoms with E-state index in [4.69, 9.17) is 4.74 Å². The van der Waals surface area contributed by atoms with E-state index in [1.807, 2.05) is 35.2 Å². The van der Waals surface area contributed by atoms with Gasteiger partial charge in [0.15, 0.2) is 0 Å². The molecule has 25 heavy (non-hydrogen) atoms. The second-order valence-electron chi connectivity index (χ2n) is 6.40. The van der Waals surface area contributed by atoms with Crippen molar-refractivity contribution in [2.45, 2.75) is 12.5 Å². The van der Waals surface area contributed by atoms with E-state index >= 15 is 0 Å². The third-order valence-electron chi connectivity index (χ3n) is 4.98.